The van der Waals surface area contributed by atoms with Crippen molar-refractivity contribution in [2.75, 3.05) is 26.2 Å². The number of hydrogen-bond donors (Lipinski definition) is 2. The van der Waals surface area contributed by atoms with Gasteiger partial charge >= 0.3 is 0 Å². The Hall–Kier alpha value is -2.04. The van der Waals surface area contributed by atoms with Crippen molar-refractivity contribution >= 4 is 0 Å². The van der Waals surface area contributed by atoms with Gasteiger partial charge in [-0.3, -0.25) is 0 Å². The fourth-order valence-corrected chi connectivity index (χ4v) is 4.93. The number of ether oxygens (including phenoxy) is 2. The predicted molar refractivity (Wildman–Crippen MR) is 123 cm³/mol. The molecular weight excluding hydrogens is 372 g/mol. The first-order valence-electron chi connectivity index (χ1n) is 11.7. The minimum atomic E-state index is 0.307. The Bertz CT molecular complexity index is 695. The van der Waals surface area contributed by atoms with Gasteiger partial charge < -0.3 is 20.1 Å². The van der Waals surface area contributed by atoms with Crippen LogP contribution in [-0.2, 0) is 0 Å². The van der Waals surface area contributed by atoms with Gasteiger partial charge in [0.15, 0.2) is 0 Å². The highest BCUT2D eigenvalue weighted by Gasteiger charge is 2.23. The van der Waals surface area contributed by atoms with E-state index in [1.165, 1.54) is 11.1 Å². The van der Waals surface area contributed by atoms with E-state index in [2.05, 4.69) is 73.0 Å². The van der Waals surface area contributed by atoms with Crippen LogP contribution < -0.4 is 20.1 Å². The van der Waals surface area contributed by atoms with Crippen LogP contribution in [0, 0.1) is 0 Å². The van der Waals surface area contributed by atoms with E-state index in [1.807, 2.05) is 0 Å². The molecule has 4 nitrogen and oxygen atoms in total. The molecule has 30 heavy (non-hydrogen) atoms. The Kier molecular flexibility index (Phi) is 7.29. The lowest BCUT2D eigenvalue weighted by atomic mass is 9.78. The third-order valence-electron chi connectivity index (χ3n) is 6.62. The molecule has 0 amide bonds. The van der Waals surface area contributed by atoms with Crippen molar-refractivity contribution in [1.82, 2.24) is 10.6 Å². The maximum atomic E-state index is 6.10. The molecule has 0 aromatic heterocycles. The summed E-state index contributed by atoms with van der Waals surface area (Å²) >= 11 is 0. The zero-order valence-corrected chi connectivity index (χ0v) is 18.4. The average molecular weight is 409 g/mol. The second-order valence-electron chi connectivity index (χ2n) is 8.63. The largest absolute Gasteiger partial charge is 0.489 e. The van der Waals surface area contributed by atoms with Crippen molar-refractivity contribution in [3.63, 3.8) is 0 Å². The minimum absolute atomic E-state index is 0.307. The van der Waals surface area contributed by atoms with Crippen LogP contribution in [-0.4, -0.2) is 38.4 Å². The van der Waals surface area contributed by atoms with Gasteiger partial charge in [0.2, 0.25) is 0 Å². The summed E-state index contributed by atoms with van der Waals surface area (Å²) < 4.78 is 12.2. The van der Waals surface area contributed by atoms with E-state index in [1.54, 1.807) is 0 Å². The zero-order valence-electron chi connectivity index (χ0n) is 18.4. The third-order valence-corrected chi connectivity index (χ3v) is 6.62. The van der Waals surface area contributed by atoms with Crippen LogP contribution in [0.25, 0.3) is 0 Å². The normalized spacial score (nSPS) is 23.3. The zero-order chi connectivity index (χ0) is 20.8. The van der Waals surface area contributed by atoms with E-state index >= 15 is 0 Å². The lowest BCUT2D eigenvalue weighted by Crippen LogP contribution is -2.19. The van der Waals surface area contributed by atoms with Crippen LogP contribution in [0.3, 0.4) is 0 Å². The molecule has 2 aliphatic heterocycles. The van der Waals surface area contributed by atoms with Crippen molar-refractivity contribution in [1.29, 1.82) is 0 Å². The first-order chi connectivity index (χ1) is 14.8. The molecule has 2 fully saturated rings. The summed E-state index contributed by atoms with van der Waals surface area (Å²) in [6.07, 6.45) is 5.04. The lowest BCUT2D eigenvalue weighted by molar-refractivity contribution is 0.222. The molecule has 0 aliphatic carbocycles. The number of rotatable bonds is 9. The Balaban J connectivity index is 1.43. The summed E-state index contributed by atoms with van der Waals surface area (Å²) in [5.74, 6) is 2.97. The lowest BCUT2D eigenvalue weighted by Gasteiger charge is -2.27. The van der Waals surface area contributed by atoms with E-state index < -0.39 is 0 Å². The SMILES string of the molecule is CCC(c1ccc(OC2CCNC2)cc1)C(CC)c1ccc(OC2CCNC2)cc1. The molecule has 0 bridgehead atoms. The molecule has 0 saturated carbocycles. The summed E-state index contributed by atoms with van der Waals surface area (Å²) in [4.78, 5) is 0. The van der Waals surface area contributed by atoms with Crippen LogP contribution >= 0.6 is 0 Å². The molecule has 4 heteroatoms. The van der Waals surface area contributed by atoms with Gasteiger partial charge in [-0.25, -0.2) is 0 Å². The molecule has 4 unspecified atom stereocenters. The molecule has 4 rings (SSSR count). The van der Waals surface area contributed by atoms with Crippen molar-refractivity contribution in [2.24, 2.45) is 0 Å². The number of benzene rings is 2. The molecule has 2 aromatic rings. The van der Waals surface area contributed by atoms with Crippen LogP contribution in [0.2, 0.25) is 0 Å². The average Bonchev–Trinajstić information content (AvgIpc) is 3.48. The molecule has 2 heterocycles. The molecule has 4 atom stereocenters. The highest BCUT2D eigenvalue weighted by Crippen LogP contribution is 2.39. The number of nitrogens with one attached hydrogen (secondary N) is 2. The molecule has 2 aliphatic rings. The molecule has 2 saturated heterocycles. The van der Waals surface area contributed by atoms with Gasteiger partial charge in [0.05, 0.1) is 0 Å². The van der Waals surface area contributed by atoms with Crippen LogP contribution in [0.1, 0.15) is 62.5 Å². The smallest absolute Gasteiger partial charge is 0.119 e. The second-order valence-corrected chi connectivity index (χ2v) is 8.63. The topological polar surface area (TPSA) is 42.5 Å². The Morgan fingerprint density at radius 2 is 1.10 bits per heavy atom. The molecular formula is C26H36N2O2. The highest BCUT2D eigenvalue weighted by atomic mass is 16.5. The first-order valence-corrected chi connectivity index (χ1v) is 11.7. The Morgan fingerprint density at radius 1 is 0.700 bits per heavy atom. The minimum Gasteiger partial charge on any atom is -0.489 e. The van der Waals surface area contributed by atoms with Crippen molar-refractivity contribution in [3.8, 4) is 11.5 Å². The van der Waals surface area contributed by atoms with Crippen molar-refractivity contribution in [2.45, 2.75) is 63.6 Å². The fourth-order valence-electron chi connectivity index (χ4n) is 4.93. The first kappa shape index (κ1) is 21.2. The fraction of sp³-hybridized carbons (Fsp3) is 0.538. The van der Waals surface area contributed by atoms with Gasteiger partial charge in [0.25, 0.3) is 0 Å². The van der Waals surface area contributed by atoms with Crippen LogP contribution in [0.4, 0.5) is 0 Å². The maximum Gasteiger partial charge on any atom is 0.119 e. The van der Waals surface area contributed by atoms with E-state index in [0.29, 0.717) is 24.0 Å². The molecule has 2 aromatic carbocycles. The number of hydrogen-bond acceptors (Lipinski definition) is 4. The van der Waals surface area contributed by atoms with Gasteiger partial charge in [-0.1, -0.05) is 38.1 Å². The highest BCUT2D eigenvalue weighted by molar-refractivity contribution is 5.35. The van der Waals surface area contributed by atoms with Gasteiger partial charge in [-0.15, -0.1) is 0 Å². The quantitative estimate of drug-likeness (QED) is 0.622. The van der Waals surface area contributed by atoms with Crippen molar-refractivity contribution in [3.05, 3.63) is 59.7 Å². The monoisotopic (exact) mass is 408 g/mol. The van der Waals surface area contributed by atoms with E-state index in [4.69, 9.17) is 9.47 Å². The molecule has 162 valence electrons. The van der Waals surface area contributed by atoms with Gasteiger partial charge in [0.1, 0.15) is 23.7 Å². The Labute approximate surface area is 181 Å². The van der Waals surface area contributed by atoms with Crippen LogP contribution in [0.15, 0.2) is 48.5 Å². The van der Waals surface area contributed by atoms with Gasteiger partial charge in [-0.05, 0) is 86.0 Å². The Morgan fingerprint density at radius 3 is 1.40 bits per heavy atom. The maximum absolute atomic E-state index is 6.10. The van der Waals surface area contributed by atoms with E-state index in [9.17, 15) is 0 Å². The molecule has 0 spiro atoms. The summed E-state index contributed by atoms with van der Waals surface area (Å²) in [5, 5.41) is 6.72. The predicted octanol–water partition coefficient (Wildman–Crippen LogP) is 4.86. The summed E-state index contributed by atoms with van der Waals surface area (Å²) in [7, 11) is 0. The molecule has 0 radical (unpaired) electrons. The van der Waals surface area contributed by atoms with Gasteiger partial charge in [0, 0.05) is 13.1 Å². The van der Waals surface area contributed by atoms with Crippen molar-refractivity contribution < 1.29 is 9.47 Å². The summed E-state index contributed by atoms with van der Waals surface area (Å²) in [5.41, 5.74) is 2.80. The van der Waals surface area contributed by atoms with Crippen LogP contribution in [0.5, 0.6) is 11.5 Å². The van der Waals surface area contributed by atoms with E-state index in [0.717, 1.165) is 63.4 Å². The van der Waals surface area contributed by atoms with E-state index in [-0.39, 0.29) is 0 Å². The summed E-state index contributed by atoms with van der Waals surface area (Å²) in [6.45, 7) is 8.61. The summed E-state index contributed by atoms with van der Waals surface area (Å²) in [6, 6.07) is 17.6. The van der Waals surface area contributed by atoms with Gasteiger partial charge in [-0.2, -0.15) is 0 Å². The molecule has 2 N–H and O–H groups in total. The second kappa shape index (κ2) is 10.3. The third kappa shape index (κ3) is 5.16. The standard InChI is InChI=1S/C26H36N2O2/c1-3-25(19-5-9-21(10-6-19)29-23-13-15-27-17-23)26(4-2)20-7-11-22(12-8-20)30-24-14-16-28-18-24/h5-12,23-28H,3-4,13-18H2,1-2H3.